The van der Waals surface area contributed by atoms with Gasteiger partial charge in [-0.15, -0.1) is 0 Å². The molecule has 0 unspecified atom stereocenters. The number of carbonyl (C=O) groups excluding carboxylic acids is 1. The van der Waals surface area contributed by atoms with Crippen molar-refractivity contribution in [2.24, 2.45) is 4.99 Å². The van der Waals surface area contributed by atoms with Crippen LogP contribution >= 0.6 is 0 Å². The molecule has 1 aromatic carbocycles. The number of rotatable bonds is 4. The molecule has 0 atom stereocenters. The van der Waals surface area contributed by atoms with Crippen molar-refractivity contribution in [2.45, 2.75) is 6.92 Å². The van der Waals surface area contributed by atoms with Gasteiger partial charge in [0.15, 0.2) is 0 Å². The molecule has 0 aromatic heterocycles. The minimum atomic E-state index is -0.340. The van der Waals surface area contributed by atoms with Crippen molar-refractivity contribution in [3.8, 4) is 5.75 Å². The molecule has 0 amide bonds. The molecule has 1 N–H and O–H groups in total. The van der Waals surface area contributed by atoms with Gasteiger partial charge >= 0.3 is 5.97 Å². The summed E-state index contributed by atoms with van der Waals surface area (Å²) < 4.78 is 4.71. The Balaban J connectivity index is 2.44. The SMILES string of the molecule is CCOC(=O)CN=Cc1ccc(O)cc1. The van der Waals surface area contributed by atoms with Crippen molar-refractivity contribution in [1.29, 1.82) is 0 Å². The van der Waals surface area contributed by atoms with Crippen LogP contribution in [0.1, 0.15) is 12.5 Å². The first kappa shape index (κ1) is 11.2. The highest BCUT2D eigenvalue weighted by Gasteiger charge is 1.97. The summed E-state index contributed by atoms with van der Waals surface area (Å²) in [6.07, 6.45) is 1.57. The number of nitrogens with zero attached hydrogens (tertiary/aromatic N) is 1. The first-order valence-electron chi connectivity index (χ1n) is 4.67. The molecule has 0 fully saturated rings. The van der Waals surface area contributed by atoms with Crippen LogP contribution in [-0.4, -0.2) is 30.4 Å². The van der Waals surface area contributed by atoms with Gasteiger partial charge in [0.1, 0.15) is 12.3 Å². The Hall–Kier alpha value is -1.84. The lowest BCUT2D eigenvalue weighted by atomic mass is 10.2. The summed E-state index contributed by atoms with van der Waals surface area (Å²) in [5, 5.41) is 9.02. The predicted octanol–water partition coefficient (Wildman–Crippen LogP) is 1.37. The maximum Gasteiger partial charge on any atom is 0.327 e. The minimum absolute atomic E-state index is 0.0225. The van der Waals surface area contributed by atoms with E-state index in [-0.39, 0.29) is 18.3 Å². The van der Waals surface area contributed by atoms with Crippen LogP contribution in [0.15, 0.2) is 29.3 Å². The van der Waals surface area contributed by atoms with Gasteiger partial charge in [-0.1, -0.05) is 0 Å². The van der Waals surface area contributed by atoms with E-state index in [0.29, 0.717) is 6.61 Å². The van der Waals surface area contributed by atoms with Crippen molar-refractivity contribution in [3.63, 3.8) is 0 Å². The van der Waals surface area contributed by atoms with Crippen LogP contribution < -0.4 is 0 Å². The average Bonchev–Trinajstić information content (AvgIpc) is 2.21. The second-order valence-corrected chi connectivity index (χ2v) is 2.87. The zero-order valence-corrected chi connectivity index (χ0v) is 8.51. The van der Waals surface area contributed by atoms with Gasteiger partial charge in [-0.25, -0.2) is 0 Å². The first-order chi connectivity index (χ1) is 7.22. The number of esters is 1. The van der Waals surface area contributed by atoms with Crippen LogP contribution in [0, 0.1) is 0 Å². The molecule has 0 radical (unpaired) electrons. The third kappa shape index (κ3) is 4.26. The van der Waals surface area contributed by atoms with Crippen LogP contribution in [0.3, 0.4) is 0 Å². The summed E-state index contributed by atoms with van der Waals surface area (Å²) in [6, 6.07) is 6.55. The van der Waals surface area contributed by atoms with E-state index in [2.05, 4.69) is 4.99 Å². The summed E-state index contributed by atoms with van der Waals surface area (Å²) in [5.74, 6) is -0.134. The third-order valence-electron chi connectivity index (χ3n) is 1.66. The average molecular weight is 207 g/mol. The number of carbonyl (C=O) groups is 1. The predicted molar refractivity (Wildman–Crippen MR) is 57.2 cm³/mol. The van der Waals surface area contributed by atoms with E-state index in [1.54, 1.807) is 37.4 Å². The fraction of sp³-hybridized carbons (Fsp3) is 0.273. The number of hydrogen-bond acceptors (Lipinski definition) is 4. The van der Waals surface area contributed by atoms with Crippen molar-refractivity contribution in [2.75, 3.05) is 13.2 Å². The zero-order chi connectivity index (χ0) is 11.1. The number of aliphatic imine (C=N–C) groups is 1. The first-order valence-corrected chi connectivity index (χ1v) is 4.67. The monoisotopic (exact) mass is 207 g/mol. The topological polar surface area (TPSA) is 58.9 Å². The Morgan fingerprint density at radius 1 is 1.47 bits per heavy atom. The van der Waals surface area contributed by atoms with Crippen LogP contribution in [0.5, 0.6) is 5.75 Å². The zero-order valence-electron chi connectivity index (χ0n) is 8.51. The highest BCUT2D eigenvalue weighted by atomic mass is 16.5. The fourth-order valence-electron chi connectivity index (χ4n) is 0.993. The maximum atomic E-state index is 10.9. The molecular formula is C11H13NO3. The number of ether oxygens (including phenoxy) is 1. The molecule has 0 aliphatic rings. The molecule has 0 saturated carbocycles. The molecule has 80 valence electrons. The lowest BCUT2D eigenvalue weighted by Crippen LogP contribution is -2.07. The van der Waals surface area contributed by atoms with Gasteiger partial charge in [-0.3, -0.25) is 9.79 Å². The molecule has 1 rings (SSSR count). The summed E-state index contributed by atoms with van der Waals surface area (Å²) in [4.78, 5) is 14.8. The van der Waals surface area contributed by atoms with Gasteiger partial charge in [0.25, 0.3) is 0 Å². The van der Waals surface area contributed by atoms with E-state index >= 15 is 0 Å². The molecule has 1 aromatic rings. The third-order valence-corrected chi connectivity index (χ3v) is 1.66. The Labute approximate surface area is 88.2 Å². The lowest BCUT2D eigenvalue weighted by molar-refractivity contribution is -0.141. The van der Waals surface area contributed by atoms with E-state index in [1.165, 1.54) is 0 Å². The lowest BCUT2D eigenvalue weighted by Gasteiger charge is -1.97. The second kappa shape index (κ2) is 5.80. The summed E-state index contributed by atoms with van der Waals surface area (Å²) in [6.45, 7) is 2.14. The molecule has 4 nitrogen and oxygen atoms in total. The molecule has 4 heteroatoms. The van der Waals surface area contributed by atoms with Gasteiger partial charge in [0.05, 0.1) is 6.61 Å². The summed E-state index contributed by atoms with van der Waals surface area (Å²) >= 11 is 0. The van der Waals surface area contributed by atoms with E-state index in [9.17, 15) is 4.79 Å². The number of benzene rings is 1. The van der Waals surface area contributed by atoms with Crippen molar-refractivity contribution in [1.82, 2.24) is 0 Å². The van der Waals surface area contributed by atoms with Gasteiger partial charge in [-0.05, 0) is 36.8 Å². The molecule has 0 aliphatic heterocycles. The maximum absolute atomic E-state index is 10.9. The van der Waals surface area contributed by atoms with E-state index in [0.717, 1.165) is 5.56 Å². The quantitative estimate of drug-likeness (QED) is 0.599. The van der Waals surface area contributed by atoms with Crippen LogP contribution in [0.4, 0.5) is 0 Å². The molecule has 0 aliphatic carbocycles. The summed E-state index contributed by atoms with van der Waals surface area (Å²) in [5.41, 5.74) is 0.831. The van der Waals surface area contributed by atoms with Gasteiger partial charge < -0.3 is 9.84 Å². The Morgan fingerprint density at radius 3 is 2.73 bits per heavy atom. The molecular weight excluding hydrogens is 194 g/mol. The van der Waals surface area contributed by atoms with E-state index < -0.39 is 0 Å². The van der Waals surface area contributed by atoms with Crippen LogP contribution in [0.25, 0.3) is 0 Å². The van der Waals surface area contributed by atoms with Crippen LogP contribution in [0.2, 0.25) is 0 Å². The second-order valence-electron chi connectivity index (χ2n) is 2.87. The van der Waals surface area contributed by atoms with Gasteiger partial charge in [0.2, 0.25) is 0 Å². The van der Waals surface area contributed by atoms with Crippen molar-refractivity contribution < 1.29 is 14.6 Å². The van der Waals surface area contributed by atoms with Gasteiger partial charge in [0, 0.05) is 6.21 Å². The minimum Gasteiger partial charge on any atom is -0.508 e. The largest absolute Gasteiger partial charge is 0.508 e. The highest BCUT2D eigenvalue weighted by Crippen LogP contribution is 2.07. The smallest absolute Gasteiger partial charge is 0.327 e. The van der Waals surface area contributed by atoms with Gasteiger partial charge in [-0.2, -0.15) is 0 Å². The Morgan fingerprint density at radius 2 is 2.13 bits per heavy atom. The molecule has 0 spiro atoms. The number of hydrogen-bond donors (Lipinski definition) is 1. The van der Waals surface area contributed by atoms with Crippen molar-refractivity contribution in [3.05, 3.63) is 29.8 Å². The summed E-state index contributed by atoms with van der Waals surface area (Å²) in [7, 11) is 0. The Bertz CT molecular complexity index is 343. The number of phenols is 1. The van der Waals surface area contributed by atoms with Crippen LogP contribution in [-0.2, 0) is 9.53 Å². The normalized spacial score (nSPS) is 10.5. The molecule has 0 heterocycles. The molecule has 0 bridgehead atoms. The number of phenolic OH excluding ortho intramolecular Hbond substituents is 1. The standard InChI is InChI=1S/C11H13NO3/c1-2-15-11(14)8-12-7-9-3-5-10(13)6-4-9/h3-7,13H,2,8H2,1H3. The Kier molecular flexibility index (Phi) is 4.34. The molecule has 15 heavy (non-hydrogen) atoms. The van der Waals surface area contributed by atoms with E-state index in [4.69, 9.17) is 9.84 Å². The fourth-order valence-corrected chi connectivity index (χ4v) is 0.993. The number of aromatic hydroxyl groups is 1. The highest BCUT2D eigenvalue weighted by molar-refractivity contribution is 5.82. The molecule has 0 saturated heterocycles. The van der Waals surface area contributed by atoms with Crippen molar-refractivity contribution >= 4 is 12.2 Å². The van der Waals surface area contributed by atoms with E-state index in [1.807, 2.05) is 0 Å².